The first-order valence-electron chi connectivity index (χ1n) is 4.46. The molecule has 1 N–H and O–H groups in total. The summed E-state index contributed by atoms with van der Waals surface area (Å²) in [5, 5.41) is 8.59. The number of carbonyl (C=O) groups is 1. The number of thioether (sulfide) groups is 1. The van der Waals surface area contributed by atoms with Gasteiger partial charge < -0.3 is 10.0 Å². The minimum absolute atomic E-state index is 0. The van der Waals surface area contributed by atoms with Crippen LogP contribution < -0.4 is 4.90 Å². The molecule has 2 rings (SSSR count). The van der Waals surface area contributed by atoms with E-state index in [9.17, 15) is 4.79 Å². The number of hydrogen-bond donors (Lipinski definition) is 1. The number of benzene rings is 1. The Labute approximate surface area is 103 Å². The maximum atomic E-state index is 10.4. The molecule has 0 aromatic heterocycles. The van der Waals surface area contributed by atoms with Gasteiger partial charge in [0.2, 0.25) is 0 Å². The first-order chi connectivity index (χ1) is 6.77. The second-order valence-corrected chi connectivity index (χ2v) is 4.14. The fraction of sp³-hybridized carbons (Fsp3) is 0.300. The largest absolute Gasteiger partial charge is 0.481 e. The van der Waals surface area contributed by atoms with E-state index in [-0.39, 0.29) is 23.4 Å². The quantitative estimate of drug-likeness (QED) is 0.929. The standard InChI is InChI=1S/C10H11NO2S.BrH/c12-10(13)5-6-11-7-14-9-4-2-1-3-8(9)11;/h1-4H,5-7H2,(H,12,13);1H. The van der Waals surface area contributed by atoms with Crippen molar-refractivity contribution in [3.8, 4) is 0 Å². The molecule has 3 nitrogen and oxygen atoms in total. The van der Waals surface area contributed by atoms with Gasteiger partial charge in [0.25, 0.3) is 0 Å². The normalized spacial score (nSPS) is 13.2. The number of fused-ring (bicyclic) bond motifs is 1. The number of carboxylic acids is 1. The van der Waals surface area contributed by atoms with Crippen molar-refractivity contribution in [2.75, 3.05) is 17.3 Å². The minimum Gasteiger partial charge on any atom is -0.481 e. The molecule has 0 aliphatic carbocycles. The van der Waals surface area contributed by atoms with Gasteiger partial charge in [0.1, 0.15) is 0 Å². The molecule has 1 aromatic rings. The van der Waals surface area contributed by atoms with Crippen LogP contribution in [0, 0.1) is 0 Å². The van der Waals surface area contributed by atoms with Crippen LogP contribution in [0.3, 0.4) is 0 Å². The number of carboxylic acid groups (broad SMARTS) is 1. The SMILES string of the molecule is Br.O=C(O)CCN1CSc2ccccc21. The molecule has 1 aliphatic rings. The lowest BCUT2D eigenvalue weighted by atomic mass is 10.3. The summed E-state index contributed by atoms with van der Waals surface area (Å²) < 4.78 is 0. The lowest BCUT2D eigenvalue weighted by Crippen LogP contribution is -2.22. The summed E-state index contributed by atoms with van der Waals surface area (Å²) in [5.74, 6) is 0.131. The van der Waals surface area contributed by atoms with Gasteiger partial charge in [-0.05, 0) is 12.1 Å². The average Bonchev–Trinajstić information content (AvgIpc) is 2.58. The van der Waals surface area contributed by atoms with E-state index in [1.807, 2.05) is 18.2 Å². The fourth-order valence-electron chi connectivity index (χ4n) is 1.47. The molecule has 5 heteroatoms. The molecule has 0 radical (unpaired) electrons. The van der Waals surface area contributed by atoms with Crippen LogP contribution in [0.5, 0.6) is 0 Å². The van der Waals surface area contributed by atoms with E-state index in [1.165, 1.54) is 10.6 Å². The second kappa shape index (κ2) is 5.42. The van der Waals surface area contributed by atoms with Crippen molar-refractivity contribution in [3.05, 3.63) is 24.3 Å². The molecule has 0 bridgehead atoms. The molecule has 1 aromatic carbocycles. The number of rotatable bonds is 3. The van der Waals surface area contributed by atoms with Crippen molar-refractivity contribution >= 4 is 40.4 Å². The highest BCUT2D eigenvalue weighted by atomic mass is 79.9. The van der Waals surface area contributed by atoms with Crippen molar-refractivity contribution in [3.63, 3.8) is 0 Å². The lowest BCUT2D eigenvalue weighted by Gasteiger charge is -2.16. The van der Waals surface area contributed by atoms with Gasteiger partial charge >= 0.3 is 5.97 Å². The van der Waals surface area contributed by atoms with Crippen LogP contribution in [0.25, 0.3) is 0 Å². The zero-order valence-electron chi connectivity index (χ0n) is 8.05. The van der Waals surface area contributed by atoms with Crippen LogP contribution in [-0.2, 0) is 4.79 Å². The van der Waals surface area contributed by atoms with E-state index in [2.05, 4.69) is 11.0 Å². The Morgan fingerprint density at radius 2 is 2.20 bits per heavy atom. The molecule has 0 atom stereocenters. The summed E-state index contributed by atoms with van der Waals surface area (Å²) in [4.78, 5) is 13.8. The second-order valence-electron chi connectivity index (χ2n) is 3.15. The van der Waals surface area contributed by atoms with Crippen molar-refractivity contribution in [2.45, 2.75) is 11.3 Å². The van der Waals surface area contributed by atoms with Crippen molar-refractivity contribution in [1.29, 1.82) is 0 Å². The molecule has 1 heterocycles. The third-order valence-corrected chi connectivity index (χ3v) is 3.27. The van der Waals surface area contributed by atoms with E-state index >= 15 is 0 Å². The summed E-state index contributed by atoms with van der Waals surface area (Å²) in [5.41, 5.74) is 1.17. The average molecular weight is 290 g/mol. The number of hydrogen-bond acceptors (Lipinski definition) is 3. The first kappa shape index (κ1) is 12.4. The summed E-state index contributed by atoms with van der Waals surface area (Å²) in [6, 6.07) is 8.10. The van der Waals surface area contributed by atoms with Crippen LogP contribution in [0.4, 0.5) is 5.69 Å². The highest BCUT2D eigenvalue weighted by Crippen LogP contribution is 2.37. The molecule has 0 amide bonds. The Balaban J connectivity index is 0.00000112. The highest BCUT2D eigenvalue weighted by molar-refractivity contribution is 8.93. The topological polar surface area (TPSA) is 40.5 Å². The number of halogens is 1. The number of aliphatic carboxylic acids is 1. The molecule has 15 heavy (non-hydrogen) atoms. The highest BCUT2D eigenvalue weighted by Gasteiger charge is 2.18. The fourth-order valence-corrected chi connectivity index (χ4v) is 2.56. The van der Waals surface area contributed by atoms with Crippen LogP contribution >= 0.6 is 28.7 Å². The molecule has 0 spiro atoms. The lowest BCUT2D eigenvalue weighted by molar-refractivity contribution is -0.136. The molecule has 0 fully saturated rings. The molecule has 0 saturated heterocycles. The van der Waals surface area contributed by atoms with E-state index in [1.54, 1.807) is 11.8 Å². The third-order valence-electron chi connectivity index (χ3n) is 2.18. The summed E-state index contributed by atoms with van der Waals surface area (Å²) >= 11 is 1.76. The van der Waals surface area contributed by atoms with Crippen LogP contribution in [0.15, 0.2) is 29.2 Å². The first-order valence-corrected chi connectivity index (χ1v) is 5.44. The Kier molecular flexibility index (Phi) is 4.47. The molecular weight excluding hydrogens is 278 g/mol. The predicted octanol–water partition coefficient (Wildman–Crippen LogP) is 2.61. The van der Waals surface area contributed by atoms with Crippen molar-refractivity contribution in [2.24, 2.45) is 0 Å². The van der Waals surface area contributed by atoms with E-state index in [0.717, 1.165) is 5.88 Å². The maximum absolute atomic E-state index is 10.4. The maximum Gasteiger partial charge on any atom is 0.305 e. The summed E-state index contributed by atoms with van der Waals surface area (Å²) in [6.07, 6.45) is 0.203. The Morgan fingerprint density at radius 3 is 2.93 bits per heavy atom. The Hall–Kier alpha value is -0.680. The Morgan fingerprint density at radius 1 is 1.47 bits per heavy atom. The monoisotopic (exact) mass is 289 g/mol. The summed E-state index contributed by atoms with van der Waals surface area (Å²) in [6.45, 7) is 0.597. The third kappa shape index (κ3) is 2.89. The van der Waals surface area contributed by atoms with Crippen molar-refractivity contribution in [1.82, 2.24) is 0 Å². The molecular formula is C10H12BrNO2S. The zero-order chi connectivity index (χ0) is 9.97. The number of para-hydroxylation sites is 1. The van der Waals surface area contributed by atoms with Crippen LogP contribution in [-0.4, -0.2) is 23.5 Å². The zero-order valence-corrected chi connectivity index (χ0v) is 10.6. The molecule has 1 aliphatic heterocycles. The molecule has 82 valence electrons. The minimum atomic E-state index is -0.737. The van der Waals surface area contributed by atoms with Gasteiger partial charge in [-0.3, -0.25) is 4.79 Å². The smallest absolute Gasteiger partial charge is 0.305 e. The van der Waals surface area contributed by atoms with E-state index in [4.69, 9.17) is 5.11 Å². The molecule has 0 unspecified atom stereocenters. The van der Waals surface area contributed by atoms with Gasteiger partial charge in [-0.1, -0.05) is 12.1 Å². The van der Waals surface area contributed by atoms with Crippen LogP contribution in [0.2, 0.25) is 0 Å². The van der Waals surface area contributed by atoms with Gasteiger partial charge in [-0.2, -0.15) is 0 Å². The van der Waals surface area contributed by atoms with Gasteiger partial charge in [-0.25, -0.2) is 0 Å². The van der Waals surface area contributed by atoms with Gasteiger partial charge in [0.15, 0.2) is 0 Å². The van der Waals surface area contributed by atoms with Crippen LogP contribution in [0.1, 0.15) is 6.42 Å². The molecule has 0 saturated carbocycles. The van der Waals surface area contributed by atoms with E-state index in [0.29, 0.717) is 6.54 Å². The van der Waals surface area contributed by atoms with Gasteiger partial charge in [0.05, 0.1) is 18.0 Å². The van der Waals surface area contributed by atoms with Gasteiger partial charge in [-0.15, -0.1) is 28.7 Å². The predicted molar refractivity (Wildman–Crippen MR) is 67.1 cm³/mol. The van der Waals surface area contributed by atoms with Gasteiger partial charge in [0, 0.05) is 11.4 Å². The van der Waals surface area contributed by atoms with Crippen molar-refractivity contribution < 1.29 is 9.90 Å². The summed E-state index contributed by atoms with van der Waals surface area (Å²) in [7, 11) is 0. The number of nitrogens with zero attached hydrogens (tertiary/aromatic N) is 1. The Bertz CT molecular complexity index is 359. The van der Waals surface area contributed by atoms with E-state index < -0.39 is 5.97 Å². The number of anilines is 1.